The van der Waals surface area contributed by atoms with Crippen molar-refractivity contribution in [1.29, 1.82) is 0 Å². The van der Waals surface area contributed by atoms with Crippen LogP contribution in [-0.4, -0.2) is 18.4 Å². The lowest BCUT2D eigenvalue weighted by atomic mass is 10.1. The van der Waals surface area contributed by atoms with Crippen LogP contribution in [0.15, 0.2) is 77.3 Å². The normalized spacial score (nSPS) is 10.3. The summed E-state index contributed by atoms with van der Waals surface area (Å²) in [5.74, 6) is 0.0626. The van der Waals surface area contributed by atoms with Gasteiger partial charge in [-0.1, -0.05) is 57.9 Å². The maximum atomic E-state index is 12.1. The number of aryl methyl sites for hydroxylation is 1. The molecule has 154 valence electrons. The highest BCUT2D eigenvalue weighted by molar-refractivity contribution is 9.10. The van der Waals surface area contributed by atoms with E-state index < -0.39 is 0 Å². The average Bonchev–Trinajstić information content (AvgIpc) is 2.74. The van der Waals surface area contributed by atoms with Crippen LogP contribution in [0, 0.1) is 0 Å². The smallest absolute Gasteiger partial charge is 0.262 e. The minimum atomic E-state index is -0.311. The van der Waals surface area contributed by atoms with Gasteiger partial charge in [0.15, 0.2) is 6.61 Å². The van der Waals surface area contributed by atoms with Crippen LogP contribution < -0.4 is 15.4 Å². The fraction of sp³-hybridized carbons (Fsp3) is 0.130. The van der Waals surface area contributed by atoms with Crippen molar-refractivity contribution in [2.24, 2.45) is 0 Å². The van der Waals surface area contributed by atoms with Crippen LogP contribution in [-0.2, 0) is 16.0 Å². The maximum absolute atomic E-state index is 12.1. The molecule has 3 aromatic rings. The zero-order valence-electron chi connectivity index (χ0n) is 16.0. The van der Waals surface area contributed by atoms with Gasteiger partial charge in [0.25, 0.3) is 5.91 Å². The average molecular weight is 488 g/mol. The Balaban J connectivity index is 1.44. The highest BCUT2D eigenvalue weighted by Crippen LogP contribution is 2.27. The zero-order valence-corrected chi connectivity index (χ0v) is 18.4. The second-order valence-electron chi connectivity index (χ2n) is 6.52. The Morgan fingerprint density at radius 1 is 0.867 bits per heavy atom. The molecule has 5 nitrogen and oxygen atoms in total. The highest BCUT2D eigenvalue weighted by atomic mass is 79.9. The molecule has 3 rings (SSSR count). The summed E-state index contributed by atoms with van der Waals surface area (Å²) in [6.45, 7) is -0.167. The number of hydrogen-bond acceptors (Lipinski definition) is 3. The van der Waals surface area contributed by atoms with Crippen molar-refractivity contribution < 1.29 is 14.3 Å². The number of carbonyl (C=O) groups excluding carboxylic acids is 2. The minimum absolute atomic E-state index is 0.0598. The molecule has 2 amide bonds. The van der Waals surface area contributed by atoms with Crippen molar-refractivity contribution >= 4 is 50.7 Å². The summed E-state index contributed by atoms with van der Waals surface area (Å²) in [7, 11) is 0. The number of benzene rings is 3. The summed E-state index contributed by atoms with van der Waals surface area (Å²) in [6, 6.07) is 21.9. The molecule has 0 spiro atoms. The molecule has 0 saturated heterocycles. The molecule has 0 unspecified atom stereocenters. The van der Waals surface area contributed by atoms with Crippen LogP contribution in [0.1, 0.15) is 12.0 Å². The summed E-state index contributed by atoms with van der Waals surface area (Å²) in [5, 5.41) is 6.02. The number of hydrogen-bond donors (Lipinski definition) is 2. The molecule has 0 aromatic heterocycles. The molecule has 7 heteroatoms. The maximum Gasteiger partial charge on any atom is 0.262 e. The Labute approximate surface area is 188 Å². The number of rotatable bonds is 8. The van der Waals surface area contributed by atoms with Crippen LogP contribution in [0.2, 0.25) is 5.02 Å². The number of carbonyl (C=O) groups is 2. The van der Waals surface area contributed by atoms with Crippen molar-refractivity contribution in [2.45, 2.75) is 12.8 Å². The van der Waals surface area contributed by atoms with E-state index in [1.165, 1.54) is 0 Å². The van der Waals surface area contributed by atoms with Crippen LogP contribution >= 0.6 is 27.5 Å². The van der Waals surface area contributed by atoms with E-state index in [9.17, 15) is 9.59 Å². The van der Waals surface area contributed by atoms with E-state index in [-0.39, 0.29) is 18.4 Å². The predicted molar refractivity (Wildman–Crippen MR) is 123 cm³/mol. The minimum Gasteiger partial charge on any atom is -0.482 e. The molecule has 0 fully saturated rings. The second kappa shape index (κ2) is 10.8. The van der Waals surface area contributed by atoms with Crippen LogP contribution in [0.3, 0.4) is 0 Å². The topological polar surface area (TPSA) is 67.4 Å². The first-order valence-electron chi connectivity index (χ1n) is 9.31. The fourth-order valence-electron chi connectivity index (χ4n) is 2.70. The van der Waals surface area contributed by atoms with Gasteiger partial charge in [-0.25, -0.2) is 0 Å². The van der Waals surface area contributed by atoms with E-state index in [0.29, 0.717) is 35.0 Å². The lowest BCUT2D eigenvalue weighted by Crippen LogP contribution is -2.20. The molecule has 0 aliphatic carbocycles. The van der Waals surface area contributed by atoms with Crippen molar-refractivity contribution in [2.75, 3.05) is 17.2 Å². The third-order valence-corrected chi connectivity index (χ3v) is 4.98. The molecule has 30 heavy (non-hydrogen) atoms. The molecule has 0 aliphatic rings. The van der Waals surface area contributed by atoms with Gasteiger partial charge in [0.2, 0.25) is 5.91 Å². The Morgan fingerprint density at radius 3 is 2.13 bits per heavy atom. The van der Waals surface area contributed by atoms with Gasteiger partial charge in [-0.2, -0.15) is 0 Å². The van der Waals surface area contributed by atoms with Crippen molar-refractivity contribution in [1.82, 2.24) is 0 Å². The highest BCUT2D eigenvalue weighted by Gasteiger charge is 2.08. The van der Waals surface area contributed by atoms with Crippen molar-refractivity contribution in [3.05, 3.63) is 87.9 Å². The standard InChI is InChI=1S/C23H20BrClN2O3/c24-17-7-12-21(20(25)14-17)30-15-23(29)27-19-10-8-18(9-11-19)26-22(28)13-6-16-4-2-1-3-5-16/h1-5,7-12,14H,6,13,15H2,(H,26,28)(H,27,29). The first kappa shape index (κ1) is 21.9. The molecule has 2 N–H and O–H groups in total. The number of halogens is 2. The van der Waals surface area contributed by atoms with Crippen LogP contribution in [0.5, 0.6) is 5.75 Å². The summed E-state index contributed by atoms with van der Waals surface area (Å²) in [6.07, 6.45) is 1.08. The van der Waals surface area contributed by atoms with Gasteiger partial charge in [0.1, 0.15) is 5.75 Å². The van der Waals surface area contributed by atoms with Gasteiger partial charge in [-0.3, -0.25) is 9.59 Å². The molecule has 0 aliphatic heterocycles. The lowest BCUT2D eigenvalue weighted by molar-refractivity contribution is -0.118. The van der Waals surface area contributed by atoms with Gasteiger partial charge >= 0.3 is 0 Å². The Bertz CT molecular complexity index is 1010. The van der Waals surface area contributed by atoms with Gasteiger partial charge in [-0.15, -0.1) is 0 Å². The molecule has 0 radical (unpaired) electrons. The molecule has 0 bridgehead atoms. The van der Waals surface area contributed by atoms with Gasteiger partial charge in [-0.05, 0) is 54.4 Å². The largest absolute Gasteiger partial charge is 0.482 e. The summed E-state index contributed by atoms with van der Waals surface area (Å²) in [5.41, 5.74) is 2.40. The molecule has 0 heterocycles. The Kier molecular flexibility index (Phi) is 7.88. The first-order chi connectivity index (χ1) is 14.5. The second-order valence-corrected chi connectivity index (χ2v) is 7.85. The summed E-state index contributed by atoms with van der Waals surface area (Å²) in [4.78, 5) is 24.2. The number of amides is 2. The summed E-state index contributed by atoms with van der Waals surface area (Å²) >= 11 is 9.38. The monoisotopic (exact) mass is 486 g/mol. The number of nitrogens with one attached hydrogen (secondary N) is 2. The first-order valence-corrected chi connectivity index (χ1v) is 10.5. The molecular weight excluding hydrogens is 468 g/mol. The van der Waals surface area contributed by atoms with E-state index >= 15 is 0 Å². The number of ether oxygens (including phenoxy) is 1. The van der Waals surface area contributed by atoms with Crippen LogP contribution in [0.25, 0.3) is 0 Å². The molecule has 0 saturated carbocycles. The third-order valence-electron chi connectivity index (χ3n) is 4.19. The number of anilines is 2. The van der Waals surface area contributed by atoms with Crippen LogP contribution in [0.4, 0.5) is 11.4 Å². The van der Waals surface area contributed by atoms with Gasteiger partial charge in [0.05, 0.1) is 5.02 Å². The van der Waals surface area contributed by atoms with E-state index in [1.807, 2.05) is 30.3 Å². The Morgan fingerprint density at radius 2 is 1.50 bits per heavy atom. The van der Waals surface area contributed by atoms with Gasteiger partial charge in [0, 0.05) is 22.3 Å². The SMILES string of the molecule is O=C(CCc1ccccc1)Nc1ccc(NC(=O)COc2ccc(Br)cc2Cl)cc1. The van der Waals surface area contributed by atoms with Gasteiger partial charge < -0.3 is 15.4 Å². The summed E-state index contributed by atoms with van der Waals surface area (Å²) < 4.78 is 6.27. The van der Waals surface area contributed by atoms with E-state index in [0.717, 1.165) is 10.0 Å². The lowest BCUT2D eigenvalue weighted by Gasteiger charge is -2.10. The van der Waals surface area contributed by atoms with E-state index in [4.69, 9.17) is 16.3 Å². The molecule has 3 aromatic carbocycles. The van der Waals surface area contributed by atoms with E-state index in [2.05, 4.69) is 26.6 Å². The van der Waals surface area contributed by atoms with Crippen molar-refractivity contribution in [3.8, 4) is 5.75 Å². The van der Waals surface area contributed by atoms with E-state index in [1.54, 1.807) is 42.5 Å². The fourth-order valence-corrected chi connectivity index (χ4v) is 3.42. The quantitative estimate of drug-likeness (QED) is 0.429. The molecular formula is C23H20BrClN2O3. The molecule has 0 atom stereocenters. The predicted octanol–water partition coefficient (Wildman–Crippen LogP) is 5.69. The Hall–Kier alpha value is -2.83. The zero-order chi connectivity index (χ0) is 21.3. The third kappa shape index (κ3) is 6.90. The van der Waals surface area contributed by atoms with Crippen molar-refractivity contribution in [3.63, 3.8) is 0 Å².